The molecule has 0 unspecified atom stereocenters. The number of rotatable bonds is 3. The fraction of sp³-hybridized carbons (Fsp3) is 0. The van der Waals surface area contributed by atoms with Crippen LogP contribution in [-0.2, 0) is 10.0 Å². The summed E-state index contributed by atoms with van der Waals surface area (Å²) < 4.78 is 36.4. The number of nitrogens with one attached hydrogen (secondary N) is 1. The Morgan fingerprint density at radius 3 is 2.52 bits per heavy atom. The number of benzene rings is 2. The van der Waals surface area contributed by atoms with Crippen LogP contribution in [0.15, 0.2) is 39.7 Å². The Hall–Kier alpha value is -1.35. The quantitative estimate of drug-likeness (QED) is 0.696. The van der Waals surface area contributed by atoms with Gasteiger partial charge in [-0.25, -0.2) is 17.9 Å². The Labute approximate surface area is 134 Å². The second kappa shape index (κ2) is 5.80. The molecule has 0 saturated heterocycles. The summed E-state index contributed by atoms with van der Waals surface area (Å²) >= 11 is 9.12. The topological polar surface area (TPSA) is 98.2 Å². The summed E-state index contributed by atoms with van der Waals surface area (Å²) in [5.74, 6) is -0.510. The summed E-state index contributed by atoms with van der Waals surface area (Å²) in [6.45, 7) is 0. The molecule has 0 spiro atoms. The zero-order valence-electron chi connectivity index (χ0n) is 10.4. The van der Waals surface area contributed by atoms with Gasteiger partial charge in [-0.05, 0) is 40.2 Å². The van der Waals surface area contributed by atoms with Crippen molar-refractivity contribution in [2.75, 3.05) is 11.1 Å². The van der Waals surface area contributed by atoms with E-state index in [0.717, 1.165) is 6.07 Å². The van der Waals surface area contributed by atoms with Crippen molar-refractivity contribution in [1.82, 2.24) is 0 Å². The highest BCUT2D eigenvalue weighted by Gasteiger charge is 2.16. The maximum atomic E-state index is 13.2. The molecule has 112 valence electrons. The minimum absolute atomic E-state index is 0.0488. The van der Waals surface area contributed by atoms with Crippen molar-refractivity contribution in [3.8, 4) is 0 Å². The van der Waals surface area contributed by atoms with Gasteiger partial charge in [-0.3, -0.25) is 0 Å². The smallest absolute Gasteiger partial charge is 0.240 e. The number of nitrogens with two attached hydrogens (primary N) is 2. The lowest BCUT2D eigenvalue weighted by molar-refractivity contribution is 0.598. The molecular formula is C12H10BrClFN3O2S. The highest BCUT2D eigenvalue weighted by Crippen LogP contribution is 2.36. The van der Waals surface area contributed by atoms with E-state index in [4.69, 9.17) is 22.5 Å². The van der Waals surface area contributed by atoms with Crippen LogP contribution in [-0.4, -0.2) is 8.42 Å². The second-order valence-electron chi connectivity index (χ2n) is 4.13. The molecule has 0 atom stereocenters. The van der Waals surface area contributed by atoms with Gasteiger partial charge in [0, 0.05) is 4.47 Å². The Balaban J connectivity index is 2.51. The van der Waals surface area contributed by atoms with E-state index in [2.05, 4.69) is 21.2 Å². The molecule has 0 fully saturated rings. The van der Waals surface area contributed by atoms with E-state index in [1.54, 1.807) is 6.07 Å². The first-order valence-corrected chi connectivity index (χ1v) is 8.24. The molecule has 2 aromatic rings. The molecule has 0 aliphatic heterocycles. The number of anilines is 3. The van der Waals surface area contributed by atoms with Gasteiger partial charge in [-0.2, -0.15) is 0 Å². The third-order valence-corrected chi connectivity index (χ3v) is 4.53. The summed E-state index contributed by atoms with van der Waals surface area (Å²) in [4.78, 5) is -0.207. The van der Waals surface area contributed by atoms with Crippen molar-refractivity contribution in [3.63, 3.8) is 0 Å². The molecule has 9 heteroatoms. The van der Waals surface area contributed by atoms with Gasteiger partial charge in [0.2, 0.25) is 10.0 Å². The third-order valence-electron chi connectivity index (χ3n) is 2.64. The predicted molar refractivity (Wildman–Crippen MR) is 84.6 cm³/mol. The van der Waals surface area contributed by atoms with Gasteiger partial charge in [0.15, 0.2) is 0 Å². The first-order valence-electron chi connectivity index (χ1n) is 5.53. The van der Waals surface area contributed by atoms with E-state index in [-0.39, 0.29) is 21.3 Å². The number of sulfonamides is 1. The first kappa shape index (κ1) is 16.0. The van der Waals surface area contributed by atoms with Gasteiger partial charge in [0.25, 0.3) is 0 Å². The van der Waals surface area contributed by atoms with Crippen molar-refractivity contribution in [3.05, 3.63) is 45.6 Å². The van der Waals surface area contributed by atoms with E-state index in [1.807, 2.05) is 0 Å². The van der Waals surface area contributed by atoms with Crippen LogP contribution in [0.4, 0.5) is 21.5 Å². The van der Waals surface area contributed by atoms with E-state index < -0.39 is 15.8 Å². The van der Waals surface area contributed by atoms with Gasteiger partial charge in [-0.15, -0.1) is 0 Å². The number of hydrogen-bond donors (Lipinski definition) is 3. The van der Waals surface area contributed by atoms with E-state index in [0.29, 0.717) is 10.2 Å². The molecule has 0 heterocycles. The molecule has 2 rings (SSSR count). The van der Waals surface area contributed by atoms with Gasteiger partial charge >= 0.3 is 0 Å². The van der Waals surface area contributed by atoms with Crippen LogP contribution in [0.5, 0.6) is 0 Å². The zero-order chi connectivity index (χ0) is 15.8. The van der Waals surface area contributed by atoms with Gasteiger partial charge < -0.3 is 11.1 Å². The number of hydrogen-bond acceptors (Lipinski definition) is 4. The first-order chi connectivity index (χ1) is 9.70. The number of halogens is 3. The van der Waals surface area contributed by atoms with E-state index >= 15 is 0 Å². The molecule has 0 saturated carbocycles. The van der Waals surface area contributed by atoms with Gasteiger partial charge in [-0.1, -0.05) is 17.7 Å². The van der Waals surface area contributed by atoms with Crippen molar-refractivity contribution < 1.29 is 12.8 Å². The molecule has 5 N–H and O–H groups in total. The Morgan fingerprint density at radius 1 is 1.29 bits per heavy atom. The van der Waals surface area contributed by atoms with Crippen molar-refractivity contribution in [2.24, 2.45) is 5.14 Å². The van der Waals surface area contributed by atoms with Crippen LogP contribution in [0.1, 0.15) is 0 Å². The van der Waals surface area contributed by atoms with E-state index in [9.17, 15) is 12.8 Å². The maximum absolute atomic E-state index is 13.2. The Bertz CT molecular complexity index is 791. The van der Waals surface area contributed by atoms with Crippen LogP contribution in [0.25, 0.3) is 0 Å². The molecule has 0 bridgehead atoms. The van der Waals surface area contributed by atoms with Crippen LogP contribution >= 0.6 is 27.5 Å². The van der Waals surface area contributed by atoms with Crippen LogP contribution in [0, 0.1) is 5.82 Å². The fourth-order valence-corrected chi connectivity index (χ4v) is 3.28. The summed E-state index contributed by atoms with van der Waals surface area (Å²) in [6.07, 6.45) is 0. The van der Waals surface area contributed by atoms with Crippen LogP contribution < -0.4 is 16.2 Å². The highest BCUT2D eigenvalue weighted by molar-refractivity contribution is 9.10. The molecule has 0 aliphatic carbocycles. The molecule has 5 nitrogen and oxygen atoms in total. The summed E-state index contributed by atoms with van der Waals surface area (Å²) in [7, 11) is -3.94. The minimum atomic E-state index is -3.94. The zero-order valence-corrected chi connectivity index (χ0v) is 13.6. The summed E-state index contributed by atoms with van der Waals surface area (Å²) in [5, 5.41) is 8.05. The number of para-hydroxylation sites is 1. The largest absolute Gasteiger partial charge is 0.396 e. The minimum Gasteiger partial charge on any atom is -0.396 e. The third kappa shape index (κ3) is 3.46. The average molecular weight is 395 g/mol. The number of primary sulfonamides is 1. The fourth-order valence-electron chi connectivity index (χ4n) is 1.70. The number of nitrogen functional groups attached to an aromatic ring is 1. The Kier molecular flexibility index (Phi) is 4.43. The molecule has 0 radical (unpaired) electrons. The maximum Gasteiger partial charge on any atom is 0.240 e. The highest BCUT2D eigenvalue weighted by atomic mass is 79.9. The lowest BCUT2D eigenvalue weighted by atomic mass is 10.2. The van der Waals surface area contributed by atoms with Gasteiger partial charge in [0.1, 0.15) is 10.7 Å². The molecule has 21 heavy (non-hydrogen) atoms. The van der Waals surface area contributed by atoms with Crippen molar-refractivity contribution in [1.29, 1.82) is 0 Å². The predicted octanol–water partition coefficient (Wildman–Crippen LogP) is 3.21. The van der Waals surface area contributed by atoms with Crippen molar-refractivity contribution in [2.45, 2.75) is 4.90 Å². The molecular weight excluding hydrogens is 385 g/mol. The molecule has 0 amide bonds. The second-order valence-corrected chi connectivity index (χ2v) is 6.92. The van der Waals surface area contributed by atoms with Crippen molar-refractivity contribution >= 4 is 54.6 Å². The SMILES string of the molecule is Nc1c(Nc2c(Cl)cc(F)cc2Br)cccc1S(N)(=O)=O. The summed E-state index contributed by atoms with van der Waals surface area (Å²) in [6, 6.07) is 6.65. The Morgan fingerprint density at radius 2 is 1.95 bits per heavy atom. The standard InChI is InChI=1S/C12H10BrClFN3O2S/c13-7-4-6(15)5-8(14)12(7)18-9-2-1-3-10(11(9)16)21(17,19)20/h1-5,18H,16H2,(H2,17,19,20). The molecule has 0 aliphatic rings. The van der Waals surface area contributed by atoms with Crippen LogP contribution in [0.3, 0.4) is 0 Å². The average Bonchev–Trinajstić information content (AvgIpc) is 2.33. The lowest BCUT2D eigenvalue weighted by Crippen LogP contribution is -2.15. The van der Waals surface area contributed by atoms with Gasteiger partial charge in [0.05, 0.1) is 22.1 Å². The summed E-state index contributed by atoms with van der Waals surface area (Å²) in [5.41, 5.74) is 6.39. The van der Waals surface area contributed by atoms with Crippen LogP contribution in [0.2, 0.25) is 5.02 Å². The normalized spacial score (nSPS) is 11.4. The molecule has 2 aromatic carbocycles. The van der Waals surface area contributed by atoms with E-state index in [1.165, 1.54) is 18.2 Å². The molecule has 0 aromatic heterocycles. The monoisotopic (exact) mass is 393 g/mol. The lowest BCUT2D eigenvalue weighted by Gasteiger charge is -2.14.